The standard InChI is InChI=1S/C15H25N3O2/c1-18(2)15(6-5-7-15)10-17-12-9-14(20-4)13(19-3)8-11(12)16/h8-9,17H,5-7,10,16H2,1-4H3. The topological polar surface area (TPSA) is 59.8 Å². The summed E-state index contributed by atoms with van der Waals surface area (Å²) >= 11 is 0. The lowest BCUT2D eigenvalue weighted by Gasteiger charge is -2.47. The van der Waals surface area contributed by atoms with Crippen LogP contribution in [0.5, 0.6) is 11.5 Å². The number of likely N-dealkylation sites (N-methyl/N-ethyl adjacent to an activating group) is 1. The van der Waals surface area contributed by atoms with Gasteiger partial charge in [-0.25, -0.2) is 0 Å². The largest absolute Gasteiger partial charge is 0.493 e. The fourth-order valence-electron chi connectivity index (χ4n) is 2.67. The molecule has 0 radical (unpaired) electrons. The van der Waals surface area contributed by atoms with Crippen LogP contribution in [0.2, 0.25) is 0 Å². The molecule has 5 nitrogen and oxygen atoms in total. The van der Waals surface area contributed by atoms with Crippen LogP contribution in [-0.2, 0) is 0 Å². The molecule has 1 saturated carbocycles. The molecule has 0 aromatic heterocycles. The number of ether oxygens (including phenoxy) is 2. The monoisotopic (exact) mass is 279 g/mol. The lowest BCUT2D eigenvalue weighted by atomic mass is 9.75. The first-order valence-corrected chi connectivity index (χ1v) is 6.95. The molecule has 0 heterocycles. The zero-order chi connectivity index (χ0) is 14.8. The minimum absolute atomic E-state index is 0.250. The van der Waals surface area contributed by atoms with Crippen molar-refractivity contribution in [3.05, 3.63) is 12.1 Å². The second kappa shape index (κ2) is 5.79. The van der Waals surface area contributed by atoms with Gasteiger partial charge < -0.3 is 25.4 Å². The molecular formula is C15H25N3O2. The van der Waals surface area contributed by atoms with Crippen LogP contribution in [-0.4, -0.2) is 45.3 Å². The van der Waals surface area contributed by atoms with E-state index in [0.717, 1.165) is 12.2 Å². The van der Waals surface area contributed by atoms with Gasteiger partial charge in [0.2, 0.25) is 0 Å². The van der Waals surface area contributed by atoms with E-state index in [9.17, 15) is 0 Å². The van der Waals surface area contributed by atoms with Crippen molar-refractivity contribution in [1.82, 2.24) is 4.90 Å². The SMILES string of the molecule is COc1cc(N)c(NCC2(N(C)C)CCC2)cc1OC. The number of nitrogens with zero attached hydrogens (tertiary/aromatic N) is 1. The van der Waals surface area contributed by atoms with Gasteiger partial charge in [-0.3, -0.25) is 0 Å². The van der Waals surface area contributed by atoms with Crippen molar-refractivity contribution < 1.29 is 9.47 Å². The molecule has 1 aliphatic rings. The van der Waals surface area contributed by atoms with E-state index in [1.165, 1.54) is 19.3 Å². The third-order valence-corrected chi connectivity index (χ3v) is 4.40. The predicted molar refractivity (Wildman–Crippen MR) is 82.7 cm³/mol. The van der Waals surface area contributed by atoms with Crippen LogP contribution in [0, 0.1) is 0 Å². The van der Waals surface area contributed by atoms with E-state index in [1.54, 1.807) is 20.3 Å². The van der Waals surface area contributed by atoms with Crippen molar-refractivity contribution in [1.29, 1.82) is 0 Å². The van der Waals surface area contributed by atoms with E-state index in [-0.39, 0.29) is 5.54 Å². The summed E-state index contributed by atoms with van der Waals surface area (Å²) in [6.45, 7) is 0.889. The van der Waals surface area contributed by atoms with Crippen molar-refractivity contribution in [2.45, 2.75) is 24.8 Å². The molecule has 0 atom stereocenters. The molecule has 0 amide bonds. The molecule has 1 aliphatic carbocycles. The summed E-state index contributed by atoms with van der Waals surface area (Å²) in [5.41, 5.74) is 7.90. The van der Waals surface area contributed by atoms with E-state index in [1.807, 2.05) is 6.07 Å². The van der Waals surface area contributed by atoms with Gasteiger partial charge in [0.15, 0.2) is 11.5 Å². The summed E-state index contributed by atoms with van der Waals surface area (Å²) in [7, 11) is 7.52. The Morgan fingerprint density at radius 1 is 1.20 bits per heavy atom. The molecule has 1 aromatic carbocycles. The van der Waals surface area contributed by atoms with Gasteiger partial charge in [0, 0.05) is 24.2 Å². The van der Waals surface area contributed by atoms with Gasteiger partial charge in [-0.15, -0.1) is 0 Å². The Balaban J connectivity index is 2.13. The molecule has 0 saturated heterocycles. The number of nitrogen functional groups attached to an aromatic ring is 1. The van der Waals surface area contributed by atoms with E-state index in [0.29, 0.717) is 17.2 Å². The first-order valence-electron chi connectivity index (χ1n) is 6.95. The third-order valence-electron chi connectivity index (χ3n) is 4.40. The molecule has 0 aliphatic heterocycles. The number of nitrogens with one attached hydrogen (secondary N) is 1. The minimum Gasteiger partial charge on any atom is -0.493 e. The molecule has 3 N–H and O–H groups in total. The van der Waals surface area contributed by atoms with Crippen LogP contribution >= 0.6 is 0 Å². The Bertz CT molecular complexity index is 470. The molecule has 112 valence electrons. The van der Waals surface area contributed by atoms with Crippen molar-refractivity contribution >= 4 is 11.4 Å². The molecule has 20 heavy (non-hydrogen) atoms. The average Bonchev–Trinajstić information content (AvgIpc) is 2.38. The maximum atomic E-state index is 6.07. The summed E-state index contributed by atoms with van der Waals surface area (Å²) in [6, 6.07) is 3.69. The number of nitrogens with two attached hydrogens (primary N) is 1. The Labute approximate surface area is 121 Å². The second-order valence-corrected chi connectivity index (χ2v) is 5.62. The van der Waals surface area contributed by atoms with Gasteiger partial charge in [-0.05, 0) is 33.4 Å². The zero-order valence-electron chi connectivity index (χ0n) is 12.8. The zero-order valence-corrected chi connectivity index (χ0v) is 12.8. The number of hydrogen-bond acceptors (Lipinski definition) is 5. The highest BCUT2D eigenvalue weighted by Gasteiger charge is 2.38. The maximum Gasteiger partial charge on any atom is 0.162 e. The molecule has 1 fully saturated rings. The van der Waals surface area contributed by atoms with Crippen LogP contribution in [0.3, 0.4) is 0 Å². The Morgan fingerprint density at radius 2 is 1.80 bits per heavy atom. The molecule has 0 bridgehead atoms. The fourth-order valence-corrected chi connectivity index (χ4v) is 2.67. The van der Waals surface area contributed by atoms with E-state index in [4.69, 9.17) is 15.2 Å². The fraction of sp³-hybridized carbons (Fsp3) is 0.600. The van der Waals surface area contributed by atoms with Crippen molar-refractivity contribution in [2.75, 3.05) is 45.9 Å². The minimum atomic E-state index is 0.250. The number of rotatable bonds is 6. The quantitative estimate of drug-likeness (QED) is 0.782. The maximum absolute atomic E-state index is 6.07. The number of benzene rings is 1. The third kappa shape index (κ3) is 2.63. The first kappa shape index (κ1) is 14.8. The number of hydrogen-bond donors (Lipinski definition) is 2. The van der Waals surface area contributed by atoms with Crippen LogP contribution < -0.4 is 20.5 Å². The van der Waals surface area contributed by atoms with Crippen LogP contribution in [0.15, 0.2) is 12.1 Å². The van der Waals surface area contributed by atoms with E-state index in [2.05, 4.69) is 24.3 Å². The highest BCUT2D eigenvalue weighted by molar-refractivity contribution is 5.72. The van der Waals surface area contributed by atoms with Gasteiger partial charge in [0.25, 0.3) is 0 Å². The van der Waals surface area contributed by atoms with Gasteiger partial charge in [0.05, 0.1) is 25.6 Å². The summed E-state index contributed by atoms with van der Waals surface area (Å²) < 4.78 is 10.6. The molecule has 1 aromatic rings. The molecule has 5 heteroatoms. The Kier molecular flexibility index (Phi) is 4.28. The Hall–Kier alpha value is -1.62. The van der Waals surface area contributed by atoms with Gasteiger partial charge in [-0.2, -0.15) is 0 Å². The van der Waals surface area contributed by atoms with Crippen LogP contribution in [0.1, 0.15) is 19.3 Å². The lowest BCUT2D eigenvalue weighted by Crippen LogP contribution is -2.54. The van der Waals surface area contributed by atoms with Gasteiger partial charge in [0.1, 0.15) is 0 Å². The van der Waals surface area contributed by atoms with Crippen molar-refractivity contribution in [3.8, 4) is 11.5 Å². The summed E-state index contributed by atoms with van der Waals surface area (Å²) in [5.74, 6) is 1.35. The normalized spacial score (nSPS) is 16.6. The Morgan fingerprint density at radius 3 is 2.25 bits per heavy atom. The number of anilines is 2. The average molecular weight is 279 g/mol. The molecule has 0 spiro atoms. The highest BCUT2D eigenvalue weighted by Crippen LogP contribution is 2.38. The van der Waals surface area contributed by atoms with Gasteiger partial charge in [-0.1, -0.05) is 0 Å². The summed E-state index contributed by atoms with van der Waals surface area (Å²) in [6.07, 6.45) is 3.74. The van der Waals surface area contributed by atoms with E-state index < -0.39 is 0 Å². The van der Waals surface area contributed by atoms with Crippen LogP contribution in [0.4, 0.5) is 11.4 Å². The highest BCUT2D eigenvalue weighted by atomic mass is 16.5. The lowest BCUT2D eigenvalue weighted by molar-refractivity contribution is 0.0739. The van der Waals surface area contributed by atoms with Crippen molar-refractivity contribution in [2.24, 2.45) is 0 Å². The summed E-state index contributed by atoms with van der Waals surface area (Å²) in [5, 5.41) is 3.46. The molecular weight excluding hydrogens is 254 g/mol. The first-order chi connectivity index (χ1) is 9.52. The smallest absolute Gasteiger partial charge is 0.162 e. The molecule has 0 unspecified atom stereocenters. The van der Waals surface area contributed by atoms with E-state index >= 15 is 0 Å². The van der Waals surface area contributed by atoms with Crippen molar-refractivity contribution in [3.63, 3.8) is 0 Å². The van der Waals surface area contributed by atoms with Crippen LogP contribution in [0.25, 0.3) is 0 Å². The molecule has 2 rings (SSSR count). The second-order valence-electron chi connectivity index (χ2n) is 5.62. The summed E-state index contributed by atoms with van der Waals surface area (Å²) in [4.78, 5) is 2.31. The number of methoxy groups -OCH3 is 2. The predicted octanol–water partition coefficient (Wildman–Crippen LogP) is 2.18. The van der Waals surface area contributed by atoms with Gasteiger partial charge >= 0.3 is 0 Å².